The van der Waals surface area contributed by atoms with Crippen molar-refractivity contribution in [1.82, 2.24) is 9.97 Å². The van der Waals surface area contributed by atoms with Crippen LogP contribution in [0.25, 0.3) is 0 Å². The summed E-state index contributed by atoms with van der Waals surface area (Å²) in [4.78, 5) is 11.2. The second kappa shape index (κ2) is 6.92. The van der Waals surface area contributed by atoms with Crippen molar-refractivity contribution < 1.29 is 9.47 Å². The topological polar surface area (TPSA) is 59.5 Å². The highest BCUT2D eigenvalue weighted by Crippen LogP contribution is 2.32. The summed E-state index contributed by atoms with van der Waals surface area (Å²) in [5.74, 6) is 3.02. The quantitative estimate of drug-likeness (QED) is 0.755. The largest absolute Gasteiger partial charge is 0.454 e. The van der Waals surface area contributed by atoms with Crippen molar-refractivity contribution in [1.29, 1.82) is 0 Å². The van der Waals surface area contributed by atoms with Crippen molar-refractivity contribution in [3.63, 3.8) is 0 Å². The van der Waals surface area contributed by atoms with Gasteiger partial charge in [0.15, 0.2) is 11.5 Å². The molecule has 0 atom stereocenters. The van der Waals surface area contributed by atoms with Crippen molar-refractivity contribution in [3.8, 4) is 11.5 Å². The monoisotopic (exact) mass is 348 g/mol. The molecule has 4 rings (SSSR count). The Balaban J connectivity index is 1.51. The van der Waals surface area contributed by atoms with Crippen LogP contribution < -0.4 is 19.7 Å². The Kier molecular flexibility index (Phi) is 4.31. The number of para-hydroxylation sites is 1. The molecule has 1 aromatic heterocycles. The molecule has 3 aromatic rings. The van der Waals surface area contributed by atoms with Gasteiger partial charge in [-0.05, 0) is 36.8 Å². The zero-order chi connectivity index (χ0) is 17.9. The van der Waals surface area contributed by atoms with Gasteiger partial charge >= 0.3 is 0 Å². The average molecular weight is 348 g/mol. The Hall–Kier alpha value is -3.28. The van der Waals surface area contributed by atoms with E-state index in [9.17, 15) is 0 Å². The fourth-order valence-electron chi connectivity index (χ4n) is 2.80. The second-order valence-corrected chi connectivity index (χ2v) is 6.13. The van der Waals surface area contributed by atoms with E-state index in [4.69, 9.17) is 9.47 Å². The summed E-state index contributed by atoms with van der Waals surface area (Å²) in [6, 6.07) is 17.9. The number of rotatable bonds is 5. The lowest BCUT2D eigenvalue weighted by Gasteiger charge is -2.18. The van der Waals surface area contributed by atoms with Crippen molar-refractivity contribution in [2.24, 2.45) is 0 Å². The van der Waals surface area contributed by atoms with Crippen LogP contribution in [0.4, 0.5) is 17.5 Å². The van der Waals surface area contributed by atoms with Gasteiger partial charge in [-0.1, -0.05) is 24.3 Å². The molecule has 0 unspecified atom stereocenters. The Bertz CT molecular complexity index is 915. The van der Waals surface area contributed by atoms with Gasteiger partial charge < -0.3 is 19.7 Å². The molecule has 1 aliphatic rings. The highest BCUT2D eigenvalue weighted by atomic mass is 16.7. The van der Waals surface area contributed by atoms with Crippen LogP contribution in [0.2, 0.25) is 0 Å². The molecule has 0 spiro atoms. The van der Waals surface area contributed by atoms with Crippen molar-refractivity contribution in [2.75, 3.05) is 24.1 Å². The first-order valence-corrected chi connectivity index (χ1v) is 8.46. The molecule has 0 aliphatic carbocycles. The number of nitrogens with one attached hydrogen (secondary N) is 1. The van der Waals surface area contributed by atoms with E-state index in [1.54, 1.807) is 0 Å². The predicted octanol–water partition coefficient (Wildman–Crippen LogP) is 3.89. The van der Waals surface area contributed by atoms with Crippen LogP contribution in [0.5, 0.6) is 11.5 Å². The lowest BCUT2D eigenvalue weighted by Crippen LogP contribution is -2.14. The molecular weight excluding hydrogens is 328 g/mol. The first kappa shape index (κ1) is 16.2. The average Bonchev–Trinajstić information content (AvgIpc) is 3.14. The van der Waals surface area contributed by atoms with Gasteiger partial charge in [0.1, 0.15) is 5.82 Å². The summed E-state index contributed by atoms with van der Waals surface area (Å²) >= 11 is 0. The number of aryl methyl sites for hydroxylation is 1. The molecular formula is C20H20N4O2. The lowest BCUT2D eigenvalue weighted by atomic mass is 10.2. The summed E-state index contributed by atoms with van der Waals surface area (Å²) in [6.45, 7) is 2.89. The Morgan fingerprint density at radius 2 is 1.81 bits per heavy atom. The van der Waals surface area contributed by atoms with Gasteiger partial charge in [-0.25, -0.2) is 4.98 Å². The van der Waals surface area contributed by atoms with Crippen molar-refractivity contribution >= 4 is 17.5 Å². The van der Waals surface area contributed by atoms with Crippen molar-refractivity contribution in [2.45, 2.75) is 13.5 Å². The summed E-state index contributed by atoms with van der Waals surface area (Å²) in [5, 5.41) is 3.37. The van der Waals surface area contributed by atoms with Crippen LogP contribution in [0.15, 0.2) is 54.6 Å². The number of aromatic nitrogens is 2. The second-order valence-electron chi connectivity index (χ2n) is 6.13. The molecule has 0 amide bonds. The molecule has 0 saturated carbocycles. The molecule has 6 heteroatoms. The van der Waals surface area contributed by atoms with Gasteiger partial charge in [-0.3, -0.25) is 0 Å². The van der Waals surface area contributed by atoms with Crippen LogP contribution >= 0.6 is 0 Å². The third-order valence-corrected chi connectivity index (χ3v) is 4.20. The Morgan fingerprint density at radius 3 is 2.65 bits per heavy atom. The van der Waals surface area contributed by atoms with Gasteiger partial charge in [0, 0.05) is 31.0 Å². The zero-order valence-corrected chi connectivity index (χ0v) is 14.8. The summed E-state index contributed by atoms with van der Waals surface area (Å²) in [7, 11) is 1.96. The summed E-state index contributed by atoms with van der Waals surface area (Å²) < 4.78 is 10.8. The molecule has 132 valence electrons. The molecule has 2 heterocycles. The van der Waals surface area contributed by atoms with E-state index in [1.165, 1.54) is 0 Å². The molecule has 1 N–H and O–H groups in total. The van der Waals surface area contributed by atoms with Gasteiger partial charge in [0.2, 0.25) is 12.7 Å². The third kappa shape index (κ3) is 3.39. The highest BCUT2D eigenvalue weighted by Gasteiger charge is 2.13. The van der Waals surface area contributed by atoms with Crippen molar-refractivity contribution in [3.05, 3.63) is 65.9 Å². The van der Waals surface area contributed by atoms with E-state index >= 15 is 0 Å². The Morgan fingerprint density at radius 1 is 1.00 bits per heavy atom. The number of fused-ring (bicyclic) bond motifs is 1. The summed E-state index contributed by atoms with van der Waals surface area (Å²) in [6.07, 6.45) is 0. The normalized spacial score (nSPS) is 12.1. The number of ether oxygens (including phenoxy) is 2. The molecule has 26 heavy (non-hydrogen) atoms. The predicted molar refractivity (Wildman–Crippen MR) is 101 cm³/mol. The minimum atomic E-state index is 0.284. The van der Waals surface area contributed by atoms with E-state index in [1.807, 2.05) is 73.5 Å². The van der Waals surface area contributed by atoms with Gasteiger partial charge in [0.25, 0.3) is 0 Å². The van der Waals surface area contributed by atoms with Crippen LogP contribution in [0.3, 0.4) is 0 Å². The fourth-order valence-corrected chi connectivity index (χ4v) is 2.80. The maximum atomic E-state index is 5.43. The first-order valence-electron chi connectivity index (χ1n) is 8.46. The van der Waals surface area contributed by atoms with E-state index in [-0.39, 0.29) is 6.79 Å². The van der Waals surface area contributed by atoms with Gasteiger partial charge in [-0.15, -0.1) is 0 Å². The van der Waals surface area contributed by atoms with E-state index in [0.717, 1.165) is 34.3 Å². The number of hydrogen-bond acceptors (Lipinski definition) is 6. The minimum Gasteiger partial charge on any atom is -0.454 e. The number of benzene rings is 2. The number of hydrogen-bond donors (Lipinski definition) is 1. The van der Waals surface area contributed by atoms with Crippen LogP contribution in [-0.2, 0) is 6.54 Å². The summed E-state index contributed by atoms with van der Waals surface area (Å²) in [5.41, 5.74) is 3.05. The smallest absolute Gasteiger partial charge is 0.231 e. The Labute approximate surface area is 152 Å². The fraction of sp³-hybridized carbons (Fsp3) is 0.200. The molecule has 0 saturated heterocycles. The molecule has 1 aliphatic heterocycles. The lowest BCUT2D eigenvalue weighted by molar-refractivity contribution is 0.174. The third-order valence-electron chi connectivity index (χ3n) is 4.20. The first-order chi connectivity index (χ1) is 12.7. The SMILES string of the molecule is Cc1cc(NCc2ccc3c(c2)OCO3)nc(N(C)c2ccccc2)n1. The number of anilines is 3. The highest BCUT2D eigenvalue weighted by molar-refractivity contribution is 5.58. The van der Waals surface area contributed by atoms with Crippen LogP contribution in [0.1, 0.15) is 11.3 Å². The van der Waals surface area contributed by atoms with Crippen LogP contribution in [0, 0.1) is 6.92 Å². The number of nitrogens with zero attached hydrogens (tertiary/aromatic N) is 3. The molecule has 6 nitrogen and oxygen atoms in total. The molecule has 0 radical (unpaired) electrons. The van der Waals surface area contributed by atoms with Crippen LogP contribution in [-0.4, -0.2) is 23.8 Å². The van der Waals surface area contributed by atoms with Gasteiger partial charge in [-0.2, -0.15) is 4.98 Å². The molecule has 0 bridgehead atoms. The standard InChI is InChI=1S/C20H20N4O2/c1-14-10-19(21-12-15-8-9-17-18(11-15)26-13-25-17)23-20(22-14)24(2)16-6-4-3-5-7-16/h3-11H,12-13H2,1-2H3,(H,21,22,23). The van der Waals surface area contributed by atoms with E-state index in [2.05, 4.69) is 15.3 Å². The maximum absolute atomic E-state index is 5.43. The van der Waals surface area contributed by atoms with E-state index in [0.29, 0.717) is 12.5 Å². The van der Waals surface area contributed by atoms with Gasteiger partial charge in [0.05, 0.1) is 0 Å². The molecule has 0 fully saturated rings. The maximum Gasteiger partial charge on any atom is 0.231 e. The zero-order valence-electron chi connectivity index (χ0n) is 14.8. The van der Waals surface area contributed by atoms with E-state index < -0.39 is 0 Å². The molecule has 2 aromatic carbocycles. The minimum absolute atomic E-state index is 0.284.